The molecule has 1 saturated heterocycles. The smallest absolute Gasteiger partial charge is 0.254 e. The molecule has 2 aromatic rings. The Labute approximate surface area is 158 Å². The zero-order valence-corrected chi connectivity index (χ0v) is 15.9. The van der Waals surface area contributed by atoms with Crippen LogP contribution >= 0.6 is 0 Å². The SMILES string of the molecule is C=CCNS(=O)(=O)c1ccc(C(=O)N2CCNCC2c2nccn2C)cc1. The van der Waals surface area contributed by atoms with Crippen LogP contribution in [0, 0.1) is 0 Å². The van der Waals surface area contributed by atoms with Crippen molar-refractivity contribution in [2.45, 2.75) is 10.9 Å². The third-order valence-electron chi connectivity index (χ3n) is 4.49. The summed E-state index contributed by atoms with van der Waals surface area (Å²) in [5.74, 6) is 0.663. The van der Waals surface area contributed by atoms with Crippen molar-refractivity contribution in [3.8, 4) is 0 Å². The Balaban J connectivity index is 1.82. The monoisotopic (exact) mass is 389 g/mol. The number of amides is 1. The first-order chi connectivity index (χ1) is 12.9. The number of hydrogen-bond acceptors (Lipinski definition) is 5. The standard InChI is InChI=1S/C18H23N5O3S/c1-3-8-21-27(25,26)15-6-4-14(5-7-15)18(24)23-12-9-19-13-16(23)17-20-10-11-22(17)2/h3-7,10-11,16,19,21H,1,8-9,12-13H2,2H3. The van der Waals surface area contributed by atoms with Gasteiger partial charge in [0.15, 0.2) is 0 Å². The van der Waals surface area contributed by atoms with Crippen molar-refractivity contribution < 1.29 is 13.2 Å². The predicted molar refractivity (Wildman–Crippen MR) is 102 cm³/mol. The van der Waals surface area contributed by atoms with Gasteiger partial charge in [0.25, 0.3) is 5.91 Å². The summed E-state index contributed by atoms with van der Waals surface area (Å²) >= 11 is 0. The van der Waals surface area contributed by atoms with Crippen molar-refractivity contribution >= 4 is 15.9 Å². The van der Waals surface area contributed by atoms with Crippen molar-refractivity contribution in [2.75, 3.05) is 26.2 Å². The maximum absolute atomic E-state index is 13.0. The lowest BCUT2D eigenvalue weighted by Crippen LogP contribution is -2.49. The lowest BCUT2D eigenvalue weighted by Gasteiger charge is -2.35. The number of piperazine rings is 1. The summed E-state index contributed by atoms with van der Waals surface area (Å²) in [5, 5.41) is 3.29. The van der Waals surface area contributed by atoms with E-state index in [-0.39, 0.29) is 23.4 Å². The minimum absolute atomic E-state index is 0.113. The molecule has 1 fully saturated rings. The molecular formula is C18H23N5O3S. The van der Waals surface area contributed by atoms with E-state index < -0.39 is 10.0 Å². The molecule has 1 amide bonds. The number of rotatable bonds is 6. The van der Waals surface area contributed by atoms with Gasteiger partial charge in [-0.25, -0.2) is 18.1 Å². The van der Waals surface area contributed by atoms with Crippen LogP contribution in [0.15, 0.2) is 54.2 Å². The first-order valence-corrected chi connectivity index (χ1v) is 10.1. The summed E-state index contributed by atoms with van der Waals surface area (Å²) in [6, 6.07) is 5.79. The molecule has 0 spiro atoms. The molecule has 2 heterocycles. The molecule has 1 aliphatic heterocycles. The number of nitrogens with zero attached hydrogens (tertiary/aromatic N) is 3. The maximum Gasteiger partial charge on any atom is 0.254 e. The molecule has 27 heavy (non-hydrogen) atoms. The quantitative estimate of drug-likeness (QED) is 0.708. The topological polar surface area (TPSA) is 96.3 Å². The van der Waals surface area contributed by atoms with Crippen molar-refractivity contribution in [3.05, 3.63) is 60.7 Å². The zero-order chi connectivity index (χ0) is 19.4. The molecule has 2 N–H and O–H groups in total. The second-order valence-corrected chi connectivity index (χ2v) is 8.05. The molecule has 1 aromatic heterocycles. The molecule has 9 heteroatoms. The molecule has 0 radical (unpaired) electrons. The average Bonchev–Trinajstić information content (AvgIpc) is 3.11. The first kappa shape index (κ1) is 19.3. The Kier molecular flexibility index (Phi) is 5.73. The van der Waals surface area contributed by atoms with Crippen molar-refractivity contribution in [3.63, 3.8) is 0 Å². The van der Waals surface area contributed by atoms with E-state index in [1.807, 2.05) is 17.8 Å². The van der Waals surface area contributed by atoms with Gasteiger partial charge in [-0.1, -0.05) is 6.08 Å². The van der Waals surface area contributed by atoms with E-state index in [0.717, 1.165) is 5.82 Å². The van der Waals surface area contributed by atoms with Crippen molar-refractivity contribution in [1.29, 1.82) is 0 Å². The van der Waals surface area contributed by atoms with Gasteiger partial charge in [0.1, 0.15) is 11.9 Å². The molecule has 0 aliphatic carbocycles. The third-order valence-corrected chi connectivity index (χ3v) is 5.93. The van der Waals surface area contributed by atoms with Gasteiger partial charge in [0.05, 0.1) is 4.90 Å². The van der Waals surface area contributed by atoms with Gasteiger partial charge in [-0.05, 0) is 24.3 Å². The molecular weight excluding hydrogens is 366 g/mol. The first-order valence-electron chi connectivity index (χ1n) is 8.63. The van der Waals surface area contributed by atoms with Crippen LogP contribution < -0.4 is 10.0 Å². The Hall–Kier alpha value is -2.49. The number of imidazole rings is 1. The fraction of sp³-hybridized carbons (Fsp3) is 0.333. The Bertz CT molecular complexity index is 921. The number of benzene rings is 1. The normalized spacial score (nSPS) is 17.7. The van der Waals surface area contributed by atoms with Crippen LogP contribution in [0.25, 0.3) is 0 Å². The maximum atomic E-state index is 13.0. The molecule has 8 nitrogen and oxygen atoms in total. The molecule has 0 bridgehead atoms. The zero-order valence-electron chi connectivity index (χ0n) is 15.1. The van der Waals surface area contributed by atoms with E-state index in [4.69, 9.17) is 0 Å². The minimum Gasteiger partial charge on any atom is -0.336 e. The molecule has 1 atom stereocenters. The molecule has 144 valence electrons. The van der Waals surface area contributed by atoms with Crippen LogP contribution in [0.1, 0.15) is 22.2 Å². The summed E-state index contributed by atoms with van der Waals surface area (Å²) in [4.78, 5) is 19.3. The van der Waals surface area contributed by atoms with Gasteiger partial charge in [0, 0.05) is 51.2 Å². The van der Waals surface area contributed by atoms with Crippen LogP contribution in [0.3, 0.4) is 0 Å². The Morgan fingerprint density at radius 1 is 1.41 bits per heavy atom. The van der Waals surface area contributed by atoms with E-state index >= 15 is 0 Å². The van der Waals surface area contributed by atoms with Crippen LogP contribution in [-0.2, 0) is 17.1 Å². The van der Waals surface area contributed by atoms with Gasteiger partial charge < -0.3 is 14.8 Å². The molecule has 1 aromatic carbocycles. The Morgan fingerprint density at radius 2 is 2.15 bits per heavy atom. The Morgan fingerprint density at radius 3 is 2.78 bits per heavy atom. The van der Waals surface area contributed by atoms with Gasteiger partial charge in [-0.15, -0.1) is 6.58 Å². The highest BCUT2D eigenvalue weighted by molar-refractivity contribution is 7.89. The number of aromatic nitrogens is 2. The highest BCUT2D eigenvalue weighted by Crippen LogP contribution is 2.23. The highest BCUT2D eigenvalue weighted by Gasteiger charge is 2.31. The second kappa shape index (κ2) is 8.03. The second-order valence-electron chi connectivity index (χ2n) is 6.28. The third kappa shape index (κ3) is 4.10. The number of nitrogens with one attached hydrogen (secondary N) is 2. The van der Waals surface area contributed by atoms with E-state index in [9.17, 15) is 13.2 Å². The highest BCUT2D eigenvalue weighted by atomic mass is 32.2. The number of sulfonamides is 1. The summed E-state index contributed by atoms with van der Waals surface area (Å²) in [6.07, 6.45) is 5.03. The van der Waals surface area contributed by atoms with E-state index in [1.54, 1.807) is 23.2 Å². The van der Waals surface area contributed by atoms with Crippen molar-refractivity contribution in [2.24, 2.45) is 7.05 Å². The number of carbonyl (C=O) groups is 1. The van der Waals surface area contributed by atoms with Crippen molar-refractivity contribution in [1.82, 2.24) is 24.5 Å². The summed E-state index contributed by atoms with van der Waals surface area (Å²) in [6.45, 7) is 5.51. The molecule has 0 saturated carbocycles. The number of aryl methyl sites for hydroxylation is 1. The van der Waals surface area contributed by atoms with Gasteiger partial charge in [-0.3, -0.25) is 4.79 Å². The fourth-order valence-corrected chi connectivity index (χ4v) is 4.07. The van der Waals surface area contributed by atoms with Gasteiger partial charge >= 0.3 is 0 Å². The minimum atomic E-state index is -3.61. The van der Waals surface area contributed by atoms with Crippen LogP contribution in [-0.4, -0.2) is 55.0 Å². The number of hydrogen-bond donors (Lipinski definition) is 2. The van der Waals surface area contributed by atoms with E-state index in [2.05, 4.69) is 21.6 Å². The van der Waals surface area contributed by atoms with Crippen LogP contribution in [0.5, 0.6) is 0 Å². The lowest BCUT2D eigenvalue weighted by atomic mass is 10.1. The van der Waals surface area contributed by atoms with Gasteiger partial charge in [0.2, 0.25) is 10.0 Å². The average molecular weight is 389 g/mol. The summed E-state index contributed by atoms with van der Waals surface area (Å²) < 4.78 is 28.6. The molecule has 3 rings (SSSR count). The molecule has 1 aliphatic rings. The largest absolute Gasteiger partial charge is 0.336 e. The lowest BCUT2D eigenvalue weighted by molar-refractivity contribution is 0.0621. The van der Waals surface area contributed by atoms with E-state index in [1.165, 1.54) is 18.2 Å². The van der Waals surface area contributed by atoms with Crippen LogP contribution in [0.2, 0.25) is 0 Å². The molecule has 1 unspecified atom stereocenters. The summed E-state index contributed by atoms with van der Waals surface area (Å²) in [5.41, 5.74) is 0.443. The summed E-state index contributed by atoms with van der Waals surface area (Å²) in [7, 11) is -1.71. The van der Waals surface area contributed by atoms with E-state index in [0.29, 0.717) is 25.2 Å². The van der Waals surface area contributed by atoms with Gasteiger partial charge in [-0.2, -0.15) is 0 Å². The predicted octanol–water partition coefficient (Wildman–Crippen LogP) is 0.671. The number of carbonyl (C=O) groups excluding carboxylic acids is 1. The fourth-order valence-electron chi connectivity index (χ4n) is 3.07. The van der Waals surface area contributed by atoms with Crippen LogP contribution in [0.4, 0.5) is 0 Å².